The molecule has 0 radical (unpaired) electrons. The van der Waals surface area contributed by atoms with Crippen LogP contribution < -0.4 is 5.32 Å². The SMILES string of the molecule is O=C(O)CCCCCCCCCCC(=O)NC(CCC(=O)N(CCOCCOCCC(=O)P)CCOCCOCCC(=O)PP)C(=O)O. The van der Waals surface area contributed by atoms with Crippen molar-refractivity contribution >= 4 is 61.2 Å². The van der Waals surface area contributed by atoms with Gasteiger partial charge in [0.2, 0.25) is 11.8 Å². The summed E-state index contributed by atoms with van der Waals surface area (Å²) in [4.78, 5) is 71.7. The number of carboxylic acid groups (broad SMARTS) is 2. The molecule has 0 fully saturated rings. The Hall–Kier alpha value is -1.65. The van der Waals surface area contributed by atoms with Gasteiger partial charge in [0, 0.05) is 45.2 Å². The molecule has 0 aliphatic carbocycles. The zero-order valence-corrected chi connectivity index (χ0v) is 31.4. The second-order valence-corrected chi connectivity index (χ2v) is 13.4. The number of nitrogens with one attached hydrogen (secondary N) is 1. The third kappa shape index (κ3) is 30.4. The van der Waals surface area contributed by atoms with Gasteiger partial charge in [-0.25, -0.2) is 4.79 Å². The number of rotatable bonds is 35. The van der Waals surface area contributed by atoms with E-state index in [-0.39, 0.29) is 96.3 Å². The van der Waals surface area contributed by atoms with Gasteiger partial charge in [0.1, 0.15) is 6.04 Å². The van der Waals surface area contributed by atoms with E-state index in [4.69, 9.17) is 24.1 Å². The van der Waals surface area contributed by atoms with E-state index in [0.717, 1.165) is 38.5 Å². The summed E-state index contributed by atoms with van der Waals surface area (Å²) in [7, 11) is 4.66. The predicted molar refractivity (Wildman–Crippen MR) is 189 cm³/mol. The summed E-state index contributed by atoms with van der Waals surface area (Å²) >= 11 is 0. The second-order valence-electron chi connectivity index (χ2n) is 11.1. The first kappa shape index (κ1) is 46.4. The highest BCUT2D eigenvalue weighted by molar-refractivity contribution is 8.11. The highest BCUT2D eigenvalue weighted by Gasteiger charge is 2.23. The van der Waals surface area contributed by atoms with E-state index < -0.39 is 18.0 Å². The molecule has 2 amide bonds. The topological polar surface area (TPSA) is 195 Å². The van der Waals surface area contributed by atoms with Crippen molar-refractivity contribution in [1.29, 1.82) is 0 Å². The number of aliphatic carboxylic acids is 2. The molecule has 0 rings (SSSR count). The van der Waals surface area contributed by atoms with E-state index in [1.807, 2.05) is 0 Å². The number of hydrogen-bond acceptors (Lipinski definition) is 10. The van der Waals surface area contributed by atoms with Crippen LogP contribution in [0.1, 0.15) is 89.9 Å². The molecule has 4 unspecified atom stereocenters. The maximum atomic E-state index is 13.1. The first-order valence-electron chi connectivity index (χ1n) is 16.7. The fourth-order valence-electron chi connectivity index (χ4n) is 4.34. The van der Waals surface area contributed by atoms with Gasteiger partial charge < -0.3 is 39.4 Å². The van der Waals surface area contributed by atoms with Crippen molar-refractivity contribution in [1.82, 2.24) is 10.2 Å². The minimum Gasteiger partial charge on any atom is -0.481 e. The lowest BCUT2D eigenvalue weighted by molar-refractivity contribution is -0.142. The van der Waals surface area contributed by atoms with Crippen molar-refractivity contribution in [2.45, 2.75) is 95.9 Å². The van der Waals surface area contributed by atoms with E-state index in [1.165, 1.54) is 4.90 Å². The van der Waals surface area contributed by atoms with Gasteiger partial charge in [0.05, 0.1) is 52.9 Å². The fraction of sp³-hybridized carbons (Fsp3) is 0.806. The lowest BCUT2D eigenvalue weighted by Crippen LogP contribution is -2.42. The minimum atomic E-state index is -1.21. The van der Waals surface area contributed by atoms with Gasteiger partial charge in [-0.1, -0.05) is 47.8 Å². The Labute approximate surface area is 290 Å². The largest absolute Gasteiger partial charge is 0.481 e. The summed E-state index contributed by atoms with van der Waals surface area (Å²) in [6.07, 6.45) is 7.90. The second kappa shape index (κ2) is 32.5. The van der Waals surface area contributed by atoms with Crippen LogP contribution in [0.5, 0.6) is 0 Å². The zero-order chi connectivity index (χ0) is 35.8. The molecule has 4 atom stereocenters. The predicted octanol–water partition coefficient (Wildman–Crippen LogP) is 3.39. The number of nitrogens with zero attached hydrogens (tertiary/aromatic N) is 1. The molecule has 0 aliphatic rings. The Balaban J connectivity index is 4.56. The molecule has 0 aromatic rings. The molecule has 0 heterocycles. The minimum absolute atomic E-state index is 0.0411. The molecule has 0 saturated heterocycles. The third-order valence-corrected chi connectivity index (χ3v) is 8.89. The van der Waals surface area contributed by atoms with Crippen LogP contribution in [-0.4, -0.2) is 122 Å². The van der Waals surface area contributed by atoms with Gasteiger partial charge in [-0.2, -0.15) is 0 Å². The Morgan fingerprint density at radius 2 is 1.10 bits per heavy atom. The molecule has 17 heteroatoms. The van der Waals surface area contributed by atoms with Crippen molar-refractivity contribution < 1.29 is 57.9 Å². The summed E-state index contributed by atoms with van der Waals surface area (Å²) in [5, 5.41) is 20.9. The summed E-state index contributed by atoms with van der Waals surface area (Å²) in [5.74, 6) is -2.64. The Kier molecular flexibility index (Phi) is 31.4. The van der Waals surface area contributed by atoms with Crippen LogP contribution in [-0.2, 0) is 47.7 Å². The monoisotopic (exact) mass is 742 g/mol. The van der Waals surface area contributed by atoms with E-state index in [9.17, 15) is 33.9 Å². The fourth-order valence-corrected chi connectivity index (χ4v) is 5.13. The smallest absolute Gasteiger partial charge is 0.326 e. The van der Waals surface area contributed by atoms with Gasteiger partial charge in [0.25, 0.3) is 0 Å². The van der Waals surface area contributed by atoms with E-state index >= 15 is 0 Å². The number of carboxylic acids is 2. The number of hydrogen-bond donors (Lipinski definition) is 3. The van der Waals surface area contributed by atoms with Gasteiger partial charge >= 0.3 is 11.9 Å². The summed E-state index contributed by atoms with van der Waals surface area (Å²) in [6.45, 7) is 2.72. The lowest BCUT2D eigenvalue weighted by atomic mass is 10.1. The molecule has 0 bridgehead atoms. The molecule has 14 nitrogen and oxygen atoms in total. The quantitative estimate of drug-likeness (QED) is 0.0634. The van der Waals surface area contributed by atoms with Crippen LogP contribution >= 0.6 is 26.4 Å². The summed E-state index contributed by atoms with van der Waals surface area (Å²) < 4.78 is 21.9. The summed E-state index contributed by atoms with van der Waals surface area (Å²) in [6, 6.07) is -1.19. The lowest BCUT2D eigenvalue weighted by Gasteiger charge is -2.24. The first-order chi connectivity index (χ1) is 23.1. The van der Waals surface area contributed by atoms with Crippen molar-refractivity contribution in [2.75, 3.05) is 65.9 Å². The zero-order valence-electron chi connectivity index (χ0n) is 28.1. The molecule has 0 aromatic carbocycles. The van der Waals surface area contributed by atoms with Crippen molar-refractivity contribution in [3.05, 3.63) is 0 Å². The molecule has 0 aromatic heterocycles. The van der Waals surface area contributed by atoms with Crippen LogP contribution in [0, 0.1) is 0 Å². The number of ether oxygens (including phenoxy) is 4. The van der Waals surface area contributed by atoms with E-state index in [0.29, 0.717) is 52.1 Å². The normalized spacial score (nSPS) is 11.9. The van der Waals surface area contributed by atoms with Crippen molar-refractivity contribution in [3.63, 3.8) is 0 Å². The number of amides is 2. The average molecular weight is 743 g/mol. The first-order valence-corrected chi connectivity index (χ1v) is 20.1. The molecule has 0 aliphatic heterocycles. The van der Waals surface area contributed by atoms with Crippen molar-refractivity contribution in [3.8, 4) is 0 Å². The van der Waals surface area contributed by atoms with E-state index in [1.54, 1.807) is 0 Å². The van der Waals surface area contributed by atoms with Crippen LogP contribution in [0.4, 0.5) is 0 Å². The van der Waals surface area contributed by atoms with E-state index in [2.05, 4.69) is 23.5 Å². The molecule has 3 N–H and O–H groups in total. The standard InChI is InChI=1S/C31H57N2O12P3/c34-26(9-7-5-3-1-2-4-6-8-10-28(36)37)32-25(31(40)41)11-12-27(35)33(15-19-44-23-21-42-17-13-29(38)46)16-20-45-24-22-43-18-14-30(39)48-47/h25,48H,1-24,46-47H2,(H,32,34)(H,36,37)(H,40,41). The van der Waals surface area contributed by atoms with Gasteiger partial charge in [0.15, 0.2) is 11.0 Å². The Morgan fingerprint density at radius 1 is 0.625 bits per heavy atom. The Bertz CT molecular complexity index is 929. The molecule has 0 saturated carbocycles. The number of unbranched alkanes of at least 4 members (excludes halogenated alkanes) is 7. The van der Waals surface area contributed by atoms with Crippen LogP contribution in [0.15, 0.2) is 0 Å². The molecule has 0 spiro atoms. The average Bonchev–Trinajstić information content (AvgIpc) is 3.04. The molecule has 278 valence electrons. The maximum Gasteiger partial charge on any atom is 0.326 e. The van der Waals surface area contributed by atoms with Crippen LogP contribution in [0.2, 0.25) is 0 Å². The van der Waals surface area contributed by atoms with Gasteiger partial charge in [-0.15, -0.1) is 8.93 Å². The molecular formula is C31H57N2O12P3. The number of carbonyl (C=O) groups excluding carboxylic acids is 4. The highest BCUT2D eigenvalue weighted by atomic mass is 32.0. The van der Waals surface area contributed by atoms with Crippen LogP contribution in [0.25, 0.3) is 0 Å². The third-order valence-electron chi connectivity index (χ3n) is 7.06. The van der Waals surface area contributed by atoms with Crippen LogP contribution in [0.3, 0.4) is 0 Å². The Morgan fingerprint density at radius 3 is 1.58 bits per heavy atom. The molecule has 48 heavy (non-hydrogen) atoms. The summed E-state index contributed by atoms with van der Waals surface area (Å²) in [5.41, 5.74) is 0.0790. The van der Waals surface area contributed by atoms with Gasteiger partial charge in [-0.05, 0) is 27.5 Å². The van der Waals surface area contributed by atoms with Crippen molar-refractivity contribution in [2.24, 2.45) is 0 Å². The van der Waals surface area contributed by atoms with Gasteiger partial charge in [-0.3, -0.25) is 24.0 Å². The number of carbonyl (C=O) groups is 6. The highest BCUT2D eigenvalue weighted by Crippen LogP contribution is 2.22. The molecular weight excluding hydrogens is 685 g/mol. The maximum absolute atomic E-state index is 13.1.